The molecule has 0 bridgehead atoms. The van der Waals surface area contributed by atoms with E-state index in [1.165, 1.54) is 6.07 Å². The van der Waals surface area contributed by atoms with Crippen LogP contribution in [0.15, 0.2) is 64.6 Å². The van der Waals surface area contributed by atoms with Crippen molar-refractivity contribution in [1.29, 1.82) is 0 Å². The Kier molecular flexibility index (Phi) is 3.42. The zero-order chi connectivity index (χ0) is 15.7. The molecule has 1 aliphatic rings. The van der Waals surface area contributed by atoms with Gasteiger partial charge in [0.25, 0.3) is 10.0 Å². The molecule has 1 heterocycles. The van der Waals surface area contributed by atoms with Gasteiger partial charge in [-0.25, -0.2) is 0 Å². The van der Waals surface area contributed by atoms with Crippen molar-refractivity contribution in [3.63, 3.8) is 0 Å². The highest BCUT2D eigenvalue weighted by atomic mass is 32.2. The van der Waals surface area contributed by atoms with E-state index in [-0.39, 0.29) is 4.90 Å². The van der Waals surface area contributed by atoms with Crippen molar-refractivity contribution in [2.45, 2.75) is 4.90 Å². The molecule has 1 amide bonds. The van der Waals surface area contributed by atoms with Gasteiger partial charge in [0, 0.05) is 11.1 Å². The minimum absolute atomic E-state index is 0.116. The van der Waals surface area contributed by atoms with Crippen molar-refractivity contribution < 1.29 is 13.2 Å². The van der Waals surface area contributed by atoms with Crippen LogP contribution in [0.5, 0.6) is 0 Å². The number of hydrogen-bond acceptors (Lipinski definition) is 4. The van der Waals surface area contributed by atoms with Crippen LogP contribution in [-0.2, 0) is 14.8 Å². The fraction of sp³-hybridized carbons (Fsp3) is 0.0667. The van der Waals surface area contributed by atoms with Crippen molar-refractivity contribution >= 4 is 21.6 Å². The highest BCUT2D eigenvalue weighted by Crippen LogP contribution is 2.28. The molecule has 0 unspecified atom stereocenters. The summed E-state index contributed by atoms with van der Waals surface area (Å²) in [5.41, 5.74) is 6.90. The number of nitrogens with zero attached hydrogens (tertiary/aromatic N) is 2. The summed E-state index contributed by atoms with van der Waals surface area (Å²) in [6, 6.07) is 15.8. The fourth-order valence-corrected chi connectivity index (χ4v) is 3.69. The van der Waals surface area contributed by atoms with E-state index in [1.54, 1.807) is 18.2 Å². The molecule has 0 fully saturated rings. The number of fused-ring (bicyclic) bond motifs is 1. The van der Waals surface area contributed by atoms with Crippen LogP contribution >= 0.6 is 0 Å². The van der Waals surface area contributed by atoms with Gasteiger partial charge in [0.1, 0.15) is 12.3 Å². The van der Waals surface area contributed by atoms with Gasteiger partial charge in [-0.2, -0.15) is 17.9 Å². The molecule has 6 nitrogen and oxygen atoms in total. The number of primary amides is 1. The Morgan fingerprint density at radius 2 is 1.68 bits per heavy atom. The third kappa shape index (κ3) is 2.35. The lowest BCUT2D eigenvalue weighted by atomic mass is 10.0. The van der Waals surface area contributed by atoms with E-state index in [1.807, 2.05) is 30.3 Å². The third-order valence-corrected chi connectivity index (χ3v) is 4.92. The van der Waals surface area contributed by atoms with E-state index in [0.717, 1.165) is 9.98 Å². The Hall–Kier alpha value is -2.67. The molecule has 0 saturated carbocycles. The van der Waals surface area contributed by atoms with E-state index in [2.05, 4.69) is 5.10 Å². The van der Waals surface area contributed by atoms with Crippen molar-refractivity contribution in [3.8, 4) is 0 Å². The average Bonchev–Trinajstić information content (AvgIpc) is 2.51. The van der Waals surface area contributed by atoms with Gasteiger partial charge in [-0.15, -0.1) is 0 Å². The lowest BCUT2D eigenvalue weighted by molar-refractivity contribution is -0.118. The minimum Gasteiger partial charge on any atom is -0.368 e. The number of benzene rings is 2. The molecule has 0 aliphatic carbocycles. The highest BCUT2D eigenvalue weighted by Gasteiger charge is 2.33. The molecular weight excluding hydrogens is 302 g/mol. The normalized spacial score (nSPS) is 15.8. The number of rotatable bonds is 3. The van der Waals surface area contributed by atoms with Crippen molar-refractivity contribution in [1.82, 2.24) is 4.41 Å². The number of carbonyl (C=O) groups excluding carboxylic acids is 1. The summed E-state index contributed by atoms with van der Waals surface area (Å²) in [6.07, 6.45) is 0. The van der Waals surface area contributed by atoms with E-state index < -0.39 is 22.5 Å². The summed E-state index contributed by atoms with van der Waals surface area (Å²) in [5.74, 6) is -0.765. The molecule has 0 spiro atoms. The average molecular weight is 315 g/mol. The molecular formula is C15H13N3O3S. The second-order valence-corrected chi connectivity index (χ2v) is 6.57. The largest absolute Gasteiger partial charge is 0.368 e. The van der Waals surface area contributed by atoms with Gasteiger partial charge in [-0.3, -0.25) is 4.79 Å². The van der Waals surface area contributed by atoms with Crippen LogP contribution in [0.3, 0.4) is 0 Å². The van der Waals surface area contributed by atoms with Crippen LogP contribution in [0.2, 0.25) is 0 Å². The first kappa shape index (κ1) is 14.3. The maximum Gasteiger partial charge on any atom is 0.280 e. The standard InChI is InChI=1S/C15H13N3O3S/c16-14(19)10-18-17-15(11-6-2-1-3-7-11)12-8-4-5-9-13(12)22(18,20)21/h1-9H,10H2,(H2,16,19). The lowest BCUT2D eigenvalue weighted by Crippen LogP contribution is -2.39. The summed E-state index contributed by atoms with van der Waals surface area (Å²) < 4.78 is 25.8. The van der Waals surface area contributed by atoms with E-state index in [9.17, 15) is 13.2 Å². The smallest absolute Gasteiger partial charge is 0.280 e. The molecule has 2 N–H and O–H groups in total. The maximum atomic E-state index is 12.5. The molecule has 0 atom stereocenters. The minimum atomic E-state index is -3.87. The Morgan fingerprint density at radius 3 is 2.36 bits per heavy atom. The SMILES string of the molecule is NC(=O)CN1N=C(c2ccccc2)c2ccccc2S1(=O)=O. The lowest BCUT2D eigenvalue weighted by Gasteiger charge is -2.26. The molecule has 7 heteroatoms. The molecule has 2 aromatic carbocycles. The van der Waals surface area contributed by atoms with Crippen molar-refractivity contribution in [3.05, 3.63) is 65.7 Å². The van der Waals surface area contributed by atoms with Gasteiger partial charge in [0.05, 0.1) is 4.90 Å². The van der Waals surface area contributed by atoms with E-state index in [4.69, 9.17) is 5.73 Å². The molecule has 3 rings (SSSR count). The first-order valence-corrected chi connectivity index (χ1v) is 7.98. The van der Waals surface area contributed by atoms with Gasteiger partial charge in [-0.05, 0) is 6.07 Å². The zero-order valence-electron chi connectivity index (χ0n) is 11.5. The fourth-order valence-electron chi connectivity index (χ4n) is 2.28. The number of nitrogens with two attached hydrogens (primary N) is 1. The summed E-state index contributed by atoms with van der Waals surface area (Å²) >= 11 is 0. The molecule has 0 radical (unpaired) electrons. The first-order chi connectivity index (χ1) is 10.5. The summed E-state index contributed by atoms with van der Waals surface area (Å²) in [6.45, 7) is -0.493. The van der Waals surface area contributed by atoms with Gasteiger partial charge in [0.15, 0.2) is 0 Å². The molecule has 1 aliphatic heterocycles. The molecule has 0 saturated heterocycles. The monoisotopic (exact) mass is 315 g/mol. The first-order valence-electron chi connectivity index (χ1n) is 6.54. The number of hydrazone groups is 1. The summed E-state index contributed by atoms with van der Waals surface area (Å²) in [7, 11) is -3.87. The number of hydrogen-bond donors (Lipinski definition) is 1. The van der Waals surface area contributed by atoms with Crippen LogP contribution in [-0.4, -0.2) is 31.0 Å². The number of amides is 1. The molecule has 112 valence electrons. The molecule has 22 heavy (non-hydrogen) atoms. The van der Waals surface area contributed by atoms with Crippen LogP contribution in [0.4, 0.5) is 0 Å². The zero-order valence-corrected chi connectivity index (χ0v) is 12.3. The number of carbonyl (C=O) groups is 1. The van der Waals surface area contributed by atoms with Crippen LogP contribution in [0, 0.1) is 0 Å². The summed E-state index contributed by atoms with van der Waals surface area (Å²) in [4.78, 5) is 11.3. The van der Waals surface area contributed by atoms with Crippen LogP contribution in [0.1, 0.15) is 11.1 Å². The van der Waals surface area contributed by atoms with Gasteiger partial charge >= 0.3 is 0 Å². The third-order valence-electron chi connectivity index (χ3n) is 3.25. The van der Waals surface area contributed by atoms with E-state index in [0.29, 0.717) is 11.3 Å². The summed E-state index contributed by atoms with van der Waals surface area (Å²) in [5, 5.41) is 4.15. The Balaban J connectivity index is 2.24. The topological polar surface area (TPSA) is 92.8 Å². The van der Waals surface area contributed by atoms with Gasteiger partial charge in [0.2, 0.25) is 5.91 Å². The second-order valence-electron chi connectivity index (χ2n) is 4.76. The number of sulfonamides is 1. The predicted octanol–water partition coefficient (Wildman–Crippen LogP) is 0.929. The van der Waals surface area contributed by atoms with Gasteiger partial charge in [-0.1, -0.05) is 48.5 Å². The van der Waals surface area contributed by atoms with Gasteiger partial charge < -0.3 is 5.73 Å². The Morgan fingerprint density at radius 1 is 1.05 bits per heavy atom. The molecule has 2 aromatic rings. The van der Waals surface area contributed by atoms with E-state index >= 15 is 0 Å². The Labute approximate surface area is 127 Å². The highest BCUT2D eigenvalue weighted by molar-refractivity contribution is 7.89. The predicted molar refractivity (Wildman–Crippen MR) is 81.6 cm³/mol. The quantitative estimate of drug-likeness (QED) is 0.913. The maximum absolute atomic E-state index is 12.5. The van der Waals surface area contributed by atoms with Crippen molar-refractivity contribution in [2.75, 3.05) is 6.54 Å². The van der Waals surface area contributed by atoms with Crippen LogP contribution in [0.25, 0.3) is 0 Å². The molecule has 0 aromatic heterocycles. The van der Waals surface area contributed by atoms with Crippen molar-refractivity contribution in [2.24, 2.45) is 10.8 Å². The second kappa shape index (κ2) is 5.27. The van der Waals surface area contributed by atoms with Crippen LogP contribution < -0.4 is 5.73 Å². The Bertz CT molecular complexity index is 861.